The maximum absolute atomic E-state index is 6.16. The Morgan fingerprint density at radius 3 is 2.12 bits per heavy atom. The molecule has 0 radical (unpaired) electrons. The van der Waals surface area contributed by atoms with E-state index in [2.05, 4.69) is 63.1 Å². The summed E-state index contributed by atoms with van der Waals surface area (Å²) in [6.45, 7) is 0. The fourth-order valence-corrected chi connectivity index (χ4v) is 3.83. The minimum atomic E-state index is 0.753. The van der Waals surface area contributed by atoms with Crippen molar-refractivity contribution < 1.29 is 4.42 Å². The Bertz CT molecular complexity index is 1390. The van der Waals surface area contributed by atoms with E-state index < -0.39 is 0 Å². The second-order valence-electron chi connectivity index (χ2n) is 6.33. The second kappa shape index (κ2) is 4.92. The molecule has 0 saturated heterocycles. The maximum Gasteiger partial charge on any atom is 0.179 e. The maximum atomic E-state index is 6.16. The first-order valence-electron chi connectivity index (χ1n) is 8.52. The topological polar surface area (TPSA) is 43.9 Å². The lowest BCUT2D eigenvalue weighted by Crippen LogP contribution is -1.94. The Labute approximate surface area is 148 Å². The van der Waals surface area contributed by atoms with Gasteiger partial charge in [0.25, 0.3) is 0 Å². The molecule has 4 aromatic heterocycles. The lowest BCUT2D eigenvalue weighted by molar-refractivity contribution is 0.665. The zero-order valence-corrected chi connectivity index (χ0v) is 13.8. The molecule has 0 spiro atoms. The van der Waals surface area contributed by atoms with E-state index in [0.717, 1.165) is 38.9 Å². The van der Waals surface area contributed by atoms with Crippen LogP contribution in [0.4, 0.5) is 0 Å². The Kier molecular flexibility index (Phi) is 2.58. The lowest BCUT2D eigenvalue weighted by Gasteiger charge is -2.07. The molecule has 0 N–H and O–H groups in total. The minimum absolute atomic E-state index is 0.753. The van der Waals surface area contributed by atoms with Crippen LogP contribution in [0.5, 0.6) is 0 Å². The first-order valence-corrected chi connectivity index (χ1v) is 8.52. The van der Waals surface area contributed by atoms with Gasteiger partial charge in [0.2, 0.25) is 0 Å². The predicted molar refractivity (Wildman–Crippen MR) is 104 cm³/mol. The van der Waals surface area contributed by atoms with Crippen molar-refractivity contribution >= 4 is 44.0 Å². The van der Waals surface area contributed by atoms with Gasteiger partial charge in [-0.15, -0.1) is 0 Å². The summed E-state index contributed by atoms with van der Waals surface area (Å²) in [5.41, 5.74) is 6.37. The Morgan fingerprint density at radius 1 is 0.654 bits per heavy atom. The SMILES string of the molecule is c1cnc2c(c1)oc1c(-n3c4ccccc4c4ccccc43)ccnc12. The van der Waals surface area contributed by atoms with Gasteiger partial charge >= 0.3 is 0 Å². The van der Waals surface area contributed by atoms with Crippen LogP contribution in [0.2, 0.25) is 0 Å². The number of benzene rings is 2. The molecule has 2 aromatic carbocycles. The highest BCUT2D eigenvalue weighted by molar-refractivity contribution is 6.11. The normalized spacial score (nSPS) is 11.8. The number of hydrogen-bond donors (Lipinski definition) is 0. The molecule has 6 rings (SSSR count). The number of hydrogen-bond acceptors (Lipinski definition) is 3. The van der Waals surface area contributed by atoms with Gasteiger partial charge < -0.3 is 8.98 Å². The molecule has 0 amide bonds. The number of aromatic nitrogens is 3. The van der Waals surface area contributed by atoms with Crippen molar-refractivity contribution in [2.75, 3.05) is 0 Å². The third-order valence-corrected chi connectivity index (χ3v) is 4.91. The zero-order chi connectivity index (χ0) is 17.1. The van der Waals surface area contributed by atoms with Crippen molar-refractivity contribution in [2.45, 2.75) is 0 Å². The molecule has 0 aliphatic heterocycles. The van der Waals surface area contributed by atoms with Gasteiger partial charge in [-0.1, -0.05) is 36.4 Å². The molecule has 0 bridgehead atoms. The molecule has 6 aromatic rings. The molecule has 0 atom stereocenters. The van der Waals surface area contributed by atoms with Crippen LogP contribution in [0.1, 0.15) is 0 Å². The standard InChI is InChI=1S/C22H13N3O/c1-3-8-16-14(6-1)15-7-2-4-9-17(15)25(16)18-11-13-24-21-20-19(26-22(18)21)10-5-12-23-20/h1-13H. The molecule has 0 unspecified atom stereocenters. The van der Waals surface area contributed by atoms with Gasteiger partial charge in [0.15, 0.2) is 11.2 Å². The number of rotatable bonds is 1. The molecule has 122 valence electrons. The molecule has 0 aliphatic rings. The van der Waals surface area contributed by atoms with Gasteiger partial charge in [-0.05, 0) is 30.3 Å². The monoisotopic (exact) mass is 335 g/mol. The van der Waals surface area contributed by atoms with Crippen LogP contribution >= 0.6 is 0 Å². The van der Waals surface area contributed by atoms with Crippen molar-refractivity contribution in [3.8, 4) is 5.69 Å². The van der Waals surface area contributed by atoms with E-state index in [1.165, 1.54) is 10.8 Å². The Balaban J connectivity index is 1.84. The quantitative estimate of drug-likeness (QED) is 0.400. The fraction of sp³-hybridized carbons (Fsp3) is 0. The van der Waals surface area contributed by atoms with E-state index in [-0.39, 0.29) is 0 Å². The van der Waals surface area contributed by atoms with E-state index >= 15 is 0 Å². The molecule has 0 fully saturated rings. The van der Waals surface area contributed by atoms with Crippen LogP contribution in [0, 0.1) is 0 Å². The first-order chi connectivity index (χ1) is 12.9. The van der Waals surface area contributed by atoms with Crippen LogP contribution < -0.4 is 0 Å². The van der Waals surface area contributed by atoms with Gasteiger partial charge in [0.1, 0.15) is 11.0 Å². The Morgan fingerprint density at radius 2 is 1.35 bits per heavy atom. The molecule has 4 heterocycles. The van der Waals surface area contributed by atoms with Crippen LogP contribution in [0.3, 0.4) is 0 Å². The summed E-state index contributed by atoms with van der Waals surface area (Å²) in [6.07, 6.45) is 3.59. The van der Waals surface area contributed by atoms with Gasteiger partial charge in [-0.3, -0.25) is 9.97 Å². The van der Waals surface area contributed by atoms with Gasteiger partial charge in [0.05, 0.1) is 16.7 Å². The molecule has 0 saturated carbocycles. The predicted octanol–water partition coefficient (Wildman–Crippen LogP) is 5.47. The van der Waals surface area contributed by atoms with E-state index in [1.54, 1.807) is 6.20 Å². The van der Waals surface area contributed by atoms with Crippen molar-refractivity contribution in [1.29, 1.82) is 0 Å². The van der Waals surface area contributed by atoms with Crippen molar-refractivity contribution in [3.05, 3.63) is 79.1 Å². The van der Waals surface area contributed by atoms with Crippen LogP contribution in [0.15, 0.2) is 83.5 Å². The highest BCUT2D eigenvalue weighted by Gasteiger charge is 2.17. The fourth-order valence-electron chi connectivity index (χ4n) is 3.83. The molecule has 0 aliphatic carbocycles. The highest BCUT2D eigenvalue weighted by Crippen LogP contribution is 2.36. The summed E-state index contributed by atoms with van der Waals surface area (Å²) in [5, 5.41) is 2.45. The highest BCUT2D eigenvalue weighted by atomic mass is 16.3. The molecular formula is C22H13N3O. The summed E-state index contributed by atoms with van der Waals surface area (Å²) in [6, 6.07) is 22.7. The van der Waals surface area contributed by atoms with E-state index in [0.29, 0.717) is 0 Å². The average molecular weight is 335 g/mol. The third-order valence-electron chi connectivity index (χ3n) is 4.91. The number of pyridine rings is 2. The molecule has 4 nitrogen and oxygen atoms in total. The number of furan rings is 1. The smallest absolute Gasteiger partial charge is 0.179 e. The zero-order valence-electron chi connectivity index (χ0n) is 13.8. The number of nitrogens with zero attached hydrogens (tertiary/aromatic N) is 3. The summed E-state index contributed by atoms with van der Waals surface area (Å²) in [4.78, 5) is 8.98. The van der Waals surface area contributed by atoms with Crippen LogP contribution in [0.25, 0.3) is 49.7 Å². The summed E-state index contributed by atoms with van der Waals surface area (Å²) in [5.74, 6) is 0. The number of fused-ring (bicyclic) bond motifs is 6. The van der Waals surface area contributed by atoms with E-state index in [1.807, 2.05) is 24.4 Å². The minimum Gasteiger partial charge on any atom is -0.450 e. The van der Waals surface area contributed by atoms with Crippen molar-refractivity contribution in [2.24, 2.45) is 0 Å². The number of para-hydroxylation sites is 2. The van der Waals surface area contributed by atoms with Gasteiger partial charge in [-0.25, -0.2) is 0 Å². The van der Waals surface area contributed by atoms with Crippen molar-refractivity contribution in [1.82, 2.24) is 14.5 Å². The second-order valence-corrected chi connectivity index (χ2v) is 6.33. The first kappa shape index (κ1) is 13.6. The lowest BCUT2D eigenvalue weighted by atomic mass is 10.2. The van der Waals surface area contributed by atoms with E-state index in [4.69, 9.17) is 4.42 Å². The molecule has 26 heavy (non-hydrogen) atoms. The van der Waals surface area contributed by atoms with Gasteiger partial charge in [-0.2, -0.15) is 0 Å². The third kappa shape index (κ3) is 1.68. The molecule has 4 heteroatoms. The molecular weight excluding hydrogens is 322 g/mol. The average Bonchev–Trinajstić information content (AvgIpc) is 3.24. The summed E-state index contributed by atoms with van der Waals surface area (Å²) < 4.78 is 8.41. The van der Waals surface area contributed by atoms with Crippen molar-refractivity contribution in [3.63, 3.8) is 0 Å². The summed E-state index contributed by atoms with van der Waals surface area (Å²) in [7, 11) is 0. The van der Waals surface area contributed by atoms with Crippen LogP contribution in [-0.2, 0) is 0 Å². The summed E-state index contributed by atoms with van der Waals surface area (Å²) >= 11 is 0. The largest absolute Gasteiger partial charge is 0.450 e. The van der Waals surface area contributed by atoms with Crippen LogP contribution in [-0.4, -0.2) is 14.5 Å². The Hall–Kier alpha value is -3.66. The van der Waals surface area contributed by atoms with E-state index in [9.17, 15) is 0 Å². The van der Waals surface area contributed by atoms with Gasteiger partial charge in [0, 0.05) is 23.2 Å².